The molecule has 5 aromatic rings. The number of methoxy groups -OCH3 is 1. The number of rotatable bonds is 13. The quantitative estimate of drug-likeness (QED) is 0.120. The highest BCUT2D eigenvalue weighted by Gasteiger charge is 2.66. The van der Waals surface area contributed by atoms with Crippen LogP contribution in [0, 0.1) is 11.8 Å². The number of ether oxygens (including phenoxy) is 2. The molecule has 3 N–H and O–H groups in total. The van der Waals surface area contributed by atoms with Crippen LogP contribution in [0.25, 0.3) is 0 Å². The first-order valence-corrected chi connectivity index (χ1v) is 23.6. The van der Waals surface area contributed by atoms with Crippen LogP contribution in [-0.4, -0.2) is 72.9 Å². The molecule has 3 aliphatic heterocycles. The molecule has 0 bridgehead atoms. The molecule has 2 saturated heterocycles. The van der Waals surface area contributed by atoms with Crippen LogP contribution < -0.4 is 25.5 Å². The summed E-state index contributed by atoms with van der Waals surface area (Å²) in [6, 6.07) is 34.2. The van der Waals surface area contributed by atoms with Gasteiger partial charge in [-0.05, 0) is 72.8 Å². The Labute approximate surface area is 341 Å². The zero-order valence-electron chi connectivity index (χ0n) is 33.8. The number of aryl methyl sites for hydroxylation is 1. The number of nitrogens with zero attached hydrogens (tertiary/aromatic N) is 4. The zero-order valence-corrected chi connectivity index (χ0v) is 34.8. The molecule has 0 saturated carbocycles. The van der Waals surface area contributed by atoms with E-state index in [4.69, 9.17) is 9.47 Å². The number of anilines is 2. The topological polar surface area (TPSA) is 131 Å². The Morgan fingerprint density at radius 2 is 1.79 bits per heavy atom. The molecule has 0 radical (unpaired) electrons. The highest BCUT2D eigenvalue weighted by molar-refractivity contribution is 6.91. The maximum atomic E-state index is 15.4. The Morgan fingerprint density at radius 1 is 1.05 bits per heavy atom. The summed E-state index contributed by atoms with van der Waals surface area (Å²) in [7, 11) is -0.742. The predicted molar refractivity (Wildman–Crippen MR) is 228 cm³/mol. The second-order valence-corrected chi connectivity index (χ2v) is 21.3. The van der Waals surface area contributed by atoms with Gasteiger partial charge < -0.3 is 30.1 Å². The van der Waals surface area contributed by atoms with Crippen molar-refractivity contribution >= 4 is 36.4 Å². The molecule has 8 rings (SSSR count). The summed E-state index contributed by atoms with van der Waals surface area (Å²) in [5, 5.41) is 27.2. The fourth-order valence-electron chi connectivity index (χ4n) is 9.80. The van der Waals surface area contributed by atoms with Gasteiger partial charge >= 0.3 is 0 Å². The van der Waals surface area contributed by atoms with E-state index >= 15 is 4.79 Å². The minimum atomic E-state index is -2.42. The lowest BCUT2D eigenvalue weighted by molar-refractivity contribution is -0.146. The Balaban J connectivity index is 1.17. The number of hydrogen-bond donors (Lipinski definition) is 3. The molecule has 11 nitrogen and oxygen atoms in total. The fourth-order valence-corrected chi connectivity index (χ4v) is 13.9. The lowest BCUT2D eigenvalue weighted by Crippen LogP contribution is -2.51. The number of aliphatic hydroxyl groups excluding tert-OH is 1. The second-order valence-electron chi connectivity index (χ2n) is 16.6. The highest BCUT2D eigenvalue weighted by Crippen LogP contribution is 2.60. The molecule has 2 amide bonds. The highest BCUT2D eigenvalue weighted by atomic mass is 28.3. The molecular formula is C46H54N6O5Si. The normalized spacial score (nSPS) is 23.5. The molecule has 4 heterocycles. The summed E-state index contributed by atoms with van der Waals surface area (Å²) in [6.45, 7) is 9.34. The minimum Gasteiger partial charge on any atom is -0.497 e. The van der Waals surface area contributed by atoms with Crippen LogP contribution in [0.2, 0.25) is 18.6 Å². The number of benzene rings is 4. The number of carbonyl (C=O) groups excluding carboxylic acids is 2. The summed E-state index contributed by atoms with van der Waals surface area (Å²) in [4.78, 5) is 30.8. The number of piperidine rings is 1. The van der Waals surface area contributed by atoms with E-state index in [1.807, 2.05) is 107 Å². The monoisotopic (exact) mass is 798 g/mol. The van der Waals surface area contributed by atoms with Gasteiger partial charge in [-0.1, -0.05) is 103 Å². The number of aliphatic hydroxyl groups is 1. The largest absolute Gasteiger partial charge is 0.497 e. The van der Waals surface area contributed by atoms with Gasteiger partial charge in [0.2, 0.25) is 5.91 Å². The summed E-state index contributed by atoms with van der Waals surface area (Å²) in [5.41, 5.74) is 3.69. The van der Waals surface area contributed by atoms with Crippen molar-refractivity contribution in [2.24, 2.45) is 11.8 Å². The number of aromatic nitrogens is 3. The predicted octanol–water partition coefficient (Wildman–Crippen LogP) is 6.20. The van der Waals surface area contributed by atoms with Gasteiger partial charge in [0, 0.05) is 36.5 Å². The molecule has 302 valence electrons. The van der Waals surface area contributed by atoms with Crippen molar-refractivity contribution in [3.05, 3.63) is 132 Å². The van der Waals surface area contributed by atoms with Crippen molar-refractivity contribution in [2.45, 2.75) is 75.5 Å². The molecular weight excluding hydrogens is 745 g/mol. The van der Waals surface area contributed by atoms with Crippen LogP contribution in [0.5, 0.6) is 5.75 Å². The van der Waals surface area contributed by atoms with Crippen molar-refractivity contribution in [2.75, 3.05) is 37.0 Å². The van der Waals surface area contributed by atoms with E-state index in [9.17, 15) is 9.90 Å². The van der Waals surface area contributed by atoms with Crippen LogP contribution in [0.4, 0.5) is 11.4 Å². The Morgan fingerprint density at radius 3 is 2.48 bits per heavy atom. The maximum Gasteiger partial charge on any atom is 0.264 e. The third-order valence-electron chi connectivity index (χ3n) is 12.9. The van der Waals surface area contributed by atoms with Gasteiger partial charge in [0.15, 0.2) is 5.60 Å². The summed E-state index contributed by atoms with van der Waals surface area (Å²) in [6.07, 6.45) is 3.99. The van der Waals surface area contributed by atoms with Gasteiger partial charge in [0.1, 0.15) is 5.75 Å². The number of amides is 2. The van der Waals surface area contributed by atoms with Crippen molar-refractivity contribution < 1.29 is 24.2 Å². The molecule has 12 heteroatoms. The van der Waals surface area contributed by atoms with Gasteiger partial charge in [-0.2, -0.15) is 0 Å². The number of carbonyl (C=O) groups is 2. The van der Waals surface area contributed by atoms with E-state index in [-0.39, 0.29) is 47.8 Å². The molecule has 6 atom stereocenters. The van der Waals surface area contributed by atoms with E-state index < -0.39 is 13.7 Å². The van der Waals surface area contributed by atoms with Crippen molar-refractivity contribution in [3.63, 3.8) is 0 Å². The molecule has 3 aliphatic rings. The van der Waals surface area contributed by atoms with Gasteiger partial charge in [-0.15, -0.1) is 5.10 Å². The maximum absolute atomic E-state index is 15.4. The molecule has 58 heavy (non-hydrogen) atoms. The van der Waals surface area contributed by atoms with Gasteiger partial charge in [-0.25, -0.2) is 0 Å². The first-order chi connectivity index (χ1) is 28.1. The second kappa shape index (κ2) is 16.6. The lowest BCUT2D eigenvalue weighted by Gasteiger charge is -2.37. The van der Waals surface area contributed by atoms with Crippen LogP contribution in [0.15, 0.2) is 109 Å². The molecule has 2 unspecified atom stereocenters. The van der Waals surface area contributed by atoms with E-state index in [0.717, 1.165) is 47.5 Å². The minimum absolute atomic E-state index is 0.0124. The van der Waals surface area contributed by atoms with Crippen LogP contribution in [-0.2, 0) is 33.0 Å². The average Bonchev–Trinajstić information content (AvgIpc) is 3.91. The fraction of sp³-hybridized carbons (Fsp3) is 0.391. The summed E-state index contributed by atoms with van der Waals surface area (Å²) >= 11 is 0. The molecule has 1 aromatic heterocycles. The SMILES string of the molecule is COc1ccc([Si](C)(C)[C@H]2[C@H](CCn3cc(C(CO)c4ccccc4)nn3)O[C@@]3(C(=O)N(Cc4ccccc4)c4ccc(NC(=O)C5CCCNC5)cc43)[C@@H]2C)cc1. The zero-order chi connectivity index (χ0) is 40.4. The molecule has 1 spiro atoms. The molecule has 2 fully saturated rings. The summed E-state index contributed by atoms with van der Waals surface area (Å²) < 4.78 is 14.8. The first-order valence-electron chi connectivity index (χ1n) is 20.5. The van der Waals surface area contributed by atoms with Crippen molar-refractivity contribution in [1.29, 1.82) is 0 Å². The Bertz CT molecular complexity index is 2210. The van der Waals surface area contributed by atoms with E-state index in [0.29, 0.717) is 37.4 Å². The van der Waals surface area contributed by atoms with Gasteiger partial charge in [-0.3, -0.25) is 14.3 Å². The Hall–Kier alpha value is -5.14. The average molecular weight is 799 g/mol. The van der Waals surface area contributed by atoms with Crippen molar-refractivity contribution in [3.8, 4) is 5.75 Å². The number of nitrogens with one attached hydrogen (secondary N) is 2. The number of fused-ring (bicyclic) bond motifs is 2. The third-order valence-corrected chi connectivity index (χ3v) is 17.3. The van der Waals surface area contributed by atoms with E-state index in [1.165, 1.54) is 5.19 Å². The smallest absolute Gasteiger partial charge is 0.264 e. The van der Waals surface area contributed by atoms with Gasteiger partial charge in [0.25, 0.3) is 5.91 Å². The standard InChI is InChI=1S/C46H54N6O5Si/c1-31-43(58(3,4)37-20-18-36(56-2)19-21-37)42(23-25-51-29-40(49-50-51)38(30-53)33-14-9-6-10-15-33)57-46(31)39-26-35(48-44(54)34-16-11-24-47-27-34)17-22-41(39)52(45(46)55)28-32-12-7-5-8-13-32/h5-10,12-15,17-22,26,29,31,34,38,42-43,47,53H,11,16,23-25,27-28,30H2,1-4H3,(H,48,54)/t31-,34?,38?,42+,43-,46+/m1/s1. The molecule has 0 aliphatic carbocycles. The number of hydrogen-bond acceptors (Lipinski definition) is 8. The van der Waals surface area contributed by atoms with E-state index in [1.54, 1.807) is 7.11 Å². The van der Waals surface area contributed by atoms with Crippen molar-refractivity contribution in [1.82, 2.24) is 20.3 Å². The van der Waals surface area contributed by atoms with E-state index in [2.05, 4.69) is 53.1 Å². The Kier molecular flexibility index (Phi) is 11.4. The third kappa shape index (κ3) is 7.38. The first kappa shape index (κ1) is 39.7. The van der Waals surface area contributed by atoms with Crippen LogP contribution >= 0.6 is 0 Å². The van der Waals surface area contributed by atoms with Crippen LogP contribution in [0.1, 0.15) is 54.5 Å². The van der Waals surface area contributed by atoms with Crippen LogP contribution in [0.3, 0.4) is 0 Å². The summed E-state index contributed by atoms with van der Waals surface area (Å²) in [5.74, 6) is 0.0798. The lowest BCUT2D eigenvalue weighted by atomic mass is 9.82. The molecule has 4 aromatic carbocycles. The van der Waals surface area contributed by atoms with Gasteiger partial charge in [0.05, 0.1) is 57.7 Å².